The van der Waals surface area contributed by atoms with Crippen LogP contribution in [0.1, 0.15) is 32.1 Å². The maximum atomic E-state index is 12.0. The predicted octanol–water partition coefficient (Wildman–Crippen LogP) is 1.17. The van der Waals surface area contributed by atoms with Gasteiger partial charge in [-0.25, -0.2) is 4.98 Å². The molecule has 0 aromatic carbocycles. The predicted molar refractivity (Wildman–Crippen MR) is 74.1 cm³/mol. The second kappa shape index (κ2) is 4.68. The number of nitrogen functional groups attached to an aromatic ring is 1. The summed E-state index contributed by atoms with van der Waals surface area (Å²) in [6, 6.07) is 0.479. The first-order chi connectivity index (χ1) is 9.16. The molecule has 2 aliphatic rings. The average molecular weight is 261 g/mol. The van der Waals surface area contributed by atoms with Gasteiger partial charge in [-0.1, -0.05) is 12.8 Å². The van der Waals surface area contributed by atoms with Crippen LogP contribution in [0.25, 0.3) is 0 Å². The molecule has 0 unspecified atom stereocenters. The quantitative estimate of drug-likeness (QED) is 0.821. The van der Waals surface area contributed by atoms with E-state index >= 15 is 0 Å². The van der Waals surface area contributed by atoms with Gasteiger partial charge in [0.15, 0.2) is 5.82 Å². The third-order valence-electron chi connectivity index (χ3n) is 4.11. The van der Waals surface area contributed by atoms with Crippen molar-refractivity contribution >= 4 is 23.4 Å². The van der Waals surface area contributed by atoms with Crippen molar-refractivity contribution in [2.45, 2.75) is 38.1 Å². The fourth-order valence-corrected chi connectivity index (χ4v) is 3.02. The number of hydrogen-bond acceptors (Lipinski definition) is 5. The Morgan fingerprint density at radius 2 is 2.11 bits per heavy atom. The maximum absolute atomic E-state index is 12.0. The van der Waals surface area contributed by atoms with E-state index in [0.717, 1.165) is 18.1 Å². The molecule has 1 fully saturated rings. The van der Waals surface area contributed by atoms with Crippen LogP contribution in [0.5, 0.6) is 0 Å². The highest BCUT2D eigenvalue weighted by atomic mass is 16.2. The minimum atomic E-state index is 0.107. The molecule has 1 saturated carbocycles. The molecular weight excluding hydrogens is 242 g/mol. The zero-order valence-corrected chi connectivity index (χ0v) is 11.2. The molecule has 0 spiro atoms. The van der Waals surface area contributed by atoms with Crippen LogP contribution in [0, 0.1) is 0 Å². The summed E-state index contributed by atoms with van der Waals surface area (Å²) in [5.41, 5.74) is 6.49. The molecule has 0 saturated heterocycles. The second-order valence-electron chi connectivity index (χ2n) is 5.27. The molecular formula is C13H19N5O. The van der Waals surface area contributed by atoms with Crippen molar-refractivity contribution in [2.24, 2.45) is 0 Å². The monoisotopic (exact) mass is 261 g/mol. The highest BCUT2D eigenvalue weighted by Crippen LogP contribution is 2.35. The molecule has 6 nitrogen and oxygen atoms in total. The molecule has 2 heterocycles. The van der Waals surface area contributed by atoms with Gasteiger partial charge in [-0.2, -0.15) is 4.98 Å². The Balaban J connectivity index is 2.04. The van der Waals surface area contributed by atoms with Gasteiger partial charge >= 0.3 is 0 Å². The Bertz CT molecular complexity index is 498. The van der Waals surface area contributed by atoms with E-state index in [9.17, 15) is 4.79 Å². The van der Waals surface area contributed by atoms with Gasteiger partial charge in [0.05, 0.1) is 6.20 Å². The van der Waals surface area contributed by atoms with E-state index in [1.807, 2.05) is 0 Å². The number of fused-ring (bicyclic) bond motifs is 1. The lowest BCUT2D eigenvalue weighted by Gasteiger charge is -2.29. The Morgan fingerprint density at radius 3 is 2.84 bits per heavy atom. The average Bonchev–Trinajstić information content (AvgIpc) is 2.88. The normalized spacial score (nSPS) is 20.6. The first-order valence-corrected chi connectivity index (χ1v) is 6.82. The van der Waals surface area contributed by atoms with Crippen LogP contribution >= 0.6 is 0 Å². The summed E-state index contributed by atoms with van der Waals surface area (Å²) in [4.78, 5) is 24.3. The van der Waals surface area contributed by atoms with Gasteiger partial charge in [-0.05, 0) is 12.8 Å². The smallest absolute Gasteiger partial charge is 0.228 e. The second-order valence-corrected chi connectivity index (χ2v) is 5.27. The van der Waals surface area contributed by atoms with Crippen molar-refractivity contribution in [2.75, 3.05) is 29.1 Å². The Morgan fingerprint density at radius 1 is 1.37 bits per heavy atom. The molecule has 6 heteroatoms. The van der Waals surface area contributed by atoms with E-state index in [2.05, 4.69) is 14.9 Å². The third kappa shape index (κ3) is 2.11. The minimum absolute atomic E-state index is 0.107. The van der Waals surface area contributed by atoms with E-state index < -0.39 is 0 Å². The summed E-state index contributed by atoms with van der Waals surface area (Å²) in [5.74, 6) is 1.19. The van der Waals surface area contributed by atoms with E-state index in [0.29, 0.717) is 12.5 Å². The van der Waals surface area contributed by atoms with Crippen molar-refractivity contribution in [1.82, 2.24) is 9.97 Å². The van der Waals surface area contributed by atoms with Crippen LogP contribution in [0.3, 0.4) is 0 Å². The number of nitrogens with two attached hydrogens (primary N) is 1. The van der Waals surface area contributed by atoms with E-state index in [-0.39, 0.29) is 11.9 Å². The number of aromatic nitrogens is 2. The molecule has 0 atom stereocenters. The van der Waals surface area contributed by atoms with Crippen molar-refractivity contribution in [3.63, 3.8) is 0 Å². The fourth-order valence-electron chi connectivity index (χ4n) is 3.02. The molecule has 3 rings (SSSR count). The molecule has 0 bridgehead atoms. The van der Waals surface area contributed by atoms with Crippen LogP contribution in [-0.4, -0.2) is 35.5 Å². The number of anilines is 3. The van der Waals surface area contributed by atoms with Crippen LogP contribution in [0.15, 0.2) is 6.20 Å². The van der Waals surface area contributed by atoms with Crippen LogP contribution in [0.2, 0.25) is 0 Å². The maximum Gasteiger partial charge on any atom is 0.228 e. The molecule has 19 heavy (non-hydrogen) atoms. The lowest BCUT2D eigenvalue weighted by atomic mass is 10.2. The number of carbonyl (C=O) groups is 1. The van der Waals surface area contributed by atoms with Crippen molar-refractivity contribution in [3.8, 4) is 0 Å². The van der Waals surface area contributed by atoms with E-state index in [4.69, 9.17) is 5.73 Å². The van der Waals surface area contributed by atoms with Gasteiger partial charge in [0.25, 0.3) is 0 Å². The standard InChI is InChI=1S/C13H19N5O/c1-17-10-8-15-13(14)16-12(10)18(7-6-11(17)19)9-4-2-3-5-9/h8-9H,2-7H2,1H3,(H2,14,15,16). The number of nitrogens with zero attached hydrogens (tertiary/aromatic N) is 4. The molecule has 2 N–H and O–H groups in total. The summed E-state index contributed by atoms with van der Waals surface area (Å²) in [5, 5.41) is 0. The molecule has 1 aromatic rings. The Labute approximate surface area is 112 Å². The SMILES string of the molecule is CN1C(=O)CCN(C2CCCC2)c2nc(N)ncc21. The molecule has 1 amide bonds. The van der Waals surface area contributed by atoms with Gasteiger partial charge in [0, 0.05) is 26.1 Å². The van der Waals surface area contributed by atoms with Crippen LogP contribution in [0.4, 0.5) is 17.5 Å². The summed E-state index contributed by atoms with van der Waals surface area (Å²) < 4.78 is 0. The first kappa shape index (κ1) is 12.2. The minimum Gasteiger partial charge on any atom is -0.368 e. The molecule has 0 radical (unpaired) electrons. The lowest BCUT2D eigenvalue weighted by Crippen LogP contribution is -2.34. The van der Waals surface area contributed by atoms with Gasteiger partial charge in [0.2, 0.25) is 11.9 Å². The molecule has 1 aromatic heterocycles. The highest BCUT2D eigenvalue weighted by molar-refractivity contribution is 5.97. The Hall–Kier alpha value is -1.85. The number of hydrogen-bond donors (Lipinski definition) is 1. The molecule has 1 aliphatic heterocycles. The number of carbonyl (C=O) groups excluding carboxylic acids is 1. The summed E-state index contributed by atoms with van der Waals surface area (Å²) in [6.45, 7) is 0.720. The number of amides is 1. The van der Waals surface area contributed by atoms with E-state index in [1.165, 1.54) is 25.7 Å². The first-order valence-electron chi connectivity index (χ1n) is 6.82. The lowest BCUT2D eigenvalue weighted by molar-refractivity contribution is -0.118. The molecule has 1 aliphatic carbocycles. The topological polar surface area (TPSA) is 75.4 Å². The highest BCUT2D eigenvalue weighted by Gasteiger charge is 2.31. The van der Waals surface area contributed by atoms with Gasteiger partial charge in [-0.15, -0.1) is 0 Å². The van der Waals surface area contributed by atoms with Gasteiger partial charge < -0.3 is 15.5 Å². The Kier molecular flexibility index (Phi) is 3.00. The summed E-state index contributed by atoms with van der Waals surface area (Å²) >= 11 is 0. The summed E-state index contributed by atoms with van der Waals surface area (Å²) in [7, 11) is 1.78. The van der Waals surface area contributed by atoms with Gasteiger partial charge in [-0.3, -0.25) is 4.79 Å². The third-order valence-corrected chi connectivity index (χ3v) is 4.11. The van der Waals surface area contributed by atoms with Crippen molar-refractivity contribution in [1.29, 1.82) is 0 Å². The zero-order chi connectivity index (χ0) is 13.4. The summed E-state index contributed by atoms with van der Waals surface area (Å²) in [6.07, 6.45) is 7.01. The largest absolute Gasteiger partial charge is 0.368 e. The fraction of sp³-hybridized carbons (Fsp3) is 0.615. The van der Waals surface area contributed by atoms with Crippen LogP contribution in [-0.2, 0) is 4.79 Å². The zero-order valence-electron chi connectivity index (χ0n) is 11.2. The van der Waals surface area contributed by atoms with Crippen LogP contribution < -0.4 is 15.5 Å². The number of rotatable bonds is 1. The van der Waals surface area contributed by atoms with Gasteiger partial charge in [0.1, 0.15) is 5.69 Å². The molecule has 102 valence electrons. The van der Waals surface area contributed by atoms with E-state index in [1.54, 1.807) is 18.1 Å². The van der Waals surface area contributed by atoms with Crippen molar-refractivity contribution in [3.05, 3.63) is 6.20 Å². The van der Waals surface area contributed by atoms with Crippen molar-refractivity contribution < 1.29 is 4.79 Å².